The van der Waals surface area contributed by atoms with Crippen LogP contribution in [0.1, 0.15) is 22.7 Å². The number of hydrogen-bond acceptors (Lipinski definition) is 5. The van der Waals surface area contributed by atoms with Crippen LogP contribution in [-0.2, 0) is 16.0 Å². The summed E-state index contributed by atoms with van der Waals surface area (Å²) in [6.07, 6.45) is 1.03. The van der Waals surface area contributed by atoms with E-state index in [9.17, 15) is 9.59 Å². The molecule has 2 N–H and O–H groups in total. The molecule has 2 heterocycles. The predicted molar refractivity (Wildman–Crippen MR) is 133 cm³/mol. The molecule has 1 atom stereocenters. The molecular weight excluding hydrogens is 438 g/mol. The number of likely N-dealkylation sites (N-methyl/N-ethyl adjacent to an activating group) is 2. The number of piperazine rings is 1. The SMILES string of the molecule is Cc1c(Cl)cccc1NC(=O)C(=O)NC[C@H](c1ccc2c(c1)CCN2C)N1CCN(C)CC1. The van der Waals surface area contributed by atoms with E-state index in [1.54, 1.807) is 18.2 Å². The lowest BCUT2D eigenvalue weighted by Crippen LogP contribution is -2.49. The van der Waals surface area contributed by atoms with Crippen LogP contribution in [0, 0.1) is 6.92 Å². The number of carbonyl (C=O) groups excluding carboxylic acids is 2. The zero-order valence-electron chi connectivity index (χ0n) is 19.5. The van der Waals surface area contributed by atoms with Gasteiger partial charge in [0, 0.05) is 62.7 Å². The number of halogens is 1. The van der Waals surface area contributed by atoms with E-state index in [2.05, 4.69) is 57.6 Å². The summed E-state index contributed by atoms with van der Waals surface area (Å²) >= 11 is 6.13. The van der Waals surface area contributed by atoms with Gasteiger partial charge in [-0.25, -0.2) is 0 Å². The lowest BCUT2D eigenvalue weighted by Gasteiger charge is -2.38. The molecule has 0 spiro atoms. The Kier molecular flexibility index (Phi) is 7.22. The fourth-order valence-corrected chi connectivity index (χ4v) is 4.75. The molecule has 2 aromatic rings. The fourth-order valence-electron chi connectivity index (χ4n) is 4.58. The highest BCUT2D eigenvalue weighted by molar-refractivity contribution is 6.40. The Bertz CT molecular complexity index is 1040. The van der Waals surface area contributed by atoms with Gasteiger partial charge in [0.2, 0.25) is 0 Å². The monoisotopic (exact) mass is 469 g/mol. The summed E-state index contributed by atoms with van der Waals surface area (Å²) in [5.41, 5.74) is 5.07. The van der Waals surface area contributed by atoms with E-state index in [1.165, 1.54) is 16.8 Å². The minimum absolute atomic E-state index is 0.0135. The quantitative estimate of drug-likeness (QED) is 0.659. The van der Waals surface area contributed by atoms with Gasteiger partial charge >= 0.3 is 11.8 Å². The van der Waals surface area contributed by atoms with E-state index in [0.29, 0.717) is 17.3 Å². The maximum atomic E-state index is 12.7. The van der Waals surface area contributed by atoms with Crippen molar-refractivity contribution in [2.75, 3.05) is 63.6 Å². The van der Waals surface area contributed by atoms with Crippen molar-refractivity contribution in [1.82, 2.24) is 15.1 Å². The molecule has 0 aromatic heterocycles. The Hall–Kier alpha value is -2.61. The van der Waals surface area contributed by atoms with Gasteiger partial charge in [-0.1, -0.05) is 29.8 Å². The number of rotatable bonds is 5. The van der Waals surface area contributed by atoms with E-state index in [0.717, 1.165) is 44.7 Å². The summed E-state index contributed by atoms with van der Waals surface area (Å²) in [4.78, 5) is 32.2. The molecular formula is C25H32ClN5O2. The van der Waals surface area contributed by atoms with Gasteiger partial charge in [0.15, 0.2) is 0 Å². The van der Waals surface area contributed by atoms with Gasteiger partial charge in [-0.05, 0) is 55.3 Å². The summed E-state index contributed by atoms with van der Waals surface area (Å²) in [5, 5.41) is 6.09. The van der Waals surface area contributed by atoms with E-state index in [1.807, 2.05) is 6.92 Å². The number of benzene rings is 2. The van der Waals surface area contributed by atoms with Crippen LogP contribution >= 0.6 is 11.6 Å². The lowest BCUT2D eigenvalue weighted by molar-refractivity contribution is -0.136. The zero-order chi connectivity index (χ0) is 23.5. The third-order valence-electron chi connectivity index (χ3n) is 6.77. The van der Waals surface area contributed by atoms with E-state index in [-0.39, 0.29) is 6.04 Å². The standard InChI is InChI=1S/C25H32ClN5O2/c1-17-20(26)5-4-6-21(17)28-25(33)24(32)27-16-23(31-13-11-29(2)12-14-31)18-7-8-22-19(15-18)9-10-30(22)3/h4-8,15,23H,9-14,16H2,1-3H3,(H,27,32)(H,28,33)/t23-/m1/s1. The van der Waals surface area contributed by atoms with Gasteiger partial charge in [0.25, 0.3) is 0 Å². The molecule has 7 nitrogen and oxygen atoms in total. The first-order valence-corrected chi connectivity index (χ1v) is 11.8. The van der Waals surface area contributed by atoms with Crippen LogP contribution in [0.3, 0.4) is 0 Å². The van der Waals surface area contributed by atoms with Crippen molar-refractivity contribution in [3.63, 3.8) is 0 Å². The fraction of sp³-hybridized carbons (Fsp3) is 0.440. The molecule has 4 rings (SSSR count). The van der Waals surface area contributed by atoms with E-state index in [4.69, 9.17) is 11.6 Å². The molecule has 2 amide bonds. The maximum Gasteiger partial charge on any atom is 0.313 e. The molecule has 0 bridgehead atoms. The summed E-state index contributed by atoms with van der Waals surface area (Å²) in [5.74, 6) is -1.33. The number of amides is 2. The average molecular weight is 470 g/mol. The minimum atomic E-state index is -0.687. The normalized spacial score (nSPS) is 17.5. The first kappa shape index (κ1) is 23.5. The van der Waals surface area contributed by atoms with Crippen molar-refractivity contribution in [1.29, 1.82) is 0 Å². The third kappa shape index (κ3) is 5.32. The average Bonchev–Trinajstić information content (AvgIpc) is 3.18. The summed E-state index contributed by atoms with van der Waals surface area (Å²) in [6.45, 7) is 7.00. The zero-order valence-corrected chi connectivity index (χ0v) is 20.3. The lowest BCUT2D eigenvalue weighted by atomic mass is 10.00. The Morgan fingerprint density at radius 2 is 1.79 bits per heavy atom. The van der Waals surface area contributed by atoms with Crippen LogP contribution in [0.2, 0.25) is 5.02 Å². The van der Waals surface area contributed by atoms with Crippen molar-refractivity contribution in [3.05, 3.63) is 58.1 Å². The van der Waals surface area contributed by atoms with Gasteiger partial charge < -0.3 is 20.4 Å². The summed E-state index contributed by atoms with van der Waals surface area (Å²) in [6, 6.07) is 11.9. The Labute approximate surface area is 200 Å². The number of nitrogens with zero attached hydrogens (tertiary/aromatic N) is 3. The second-order valence-electron chi connectivity index (χ2n) is 8.99. The number of nitrogens with one attached hydrogen (secondary N) is 2. The molecule has 8 heteroatoms. The molecule has 2 aliphatic rings. The minimum Gasteiger partial charge on any atom is -0.374 e. The third-order valence-corrected chi connectivity index (χ3v) is 7.18. The molecule has 2 aromatic carbocycles. The van der Waals surface area contributed by atoms with Gasteiger partial charge in [0.05, 0.1) is 6.04 Å². The van der Waals surface area contributed by atoms with Crippen LogP contribution in [0.25, 0.3) is 0 Å². The molecule has 33 heavy (non-hydrogen) atoms. The smallest absolute Gasteiger partial charge is 0.313 e. The molecule has 1 fully saturated rings. The maximum absolute atomic E-state index is 12.7. The largest absolute Gasteiger partial charge is 0.374 e. The number of carbonyl (C=O) groups is 2. The first-order chi connectivity index (χ1) is 15.8. The predicted octanol–water partition coefficient (Wildman–Crippen LogP) is 2.68. The van der Waals surface area contributed by atoms with Crippen molar-refractivity contribution in [2.45, 2.75) is 19.4 Å². The summed E-state index contributed by atoms with van der Waals surface area (Å²) in [7, 11) is 4.24. The van der Waals surface area contributed by atoms with Gasteiger partial charge in [-0.3, -0.25) is 14.5 Å². The second kappa shape index (κ2) is 10.1. The highest BCUT2D eigenvalue weighted by atomic mass is 35.5. The van der Waals surface area contributed by atoms with Crippen molar-refractivity contribution >= 4 is 34.8 Å². The molecule has 0 saturated carbocycles. The Morgan fingerprint density at radius 1 is 1.03 bits per heavy atom. The summed E-state index contributed by atoms with van der Waals surface area (Å²) < 4.78 is 0. The van der Waals surface area contributed by atoms with Crippen LogP contribution in [-0.4, -0.2) is 75.0 Å². The molecule has 176 valence electrons. The topological polar surface area (TPSA) is 67.9 Å². The van der Waals surface area contributed by atoms with Gasteiger partial charge in [0.1, 0.15) is 0 Å². The van der Waals surface area contributed by atoms with Gasteiger partial charge in [-0.2, -0.15) is 0 Å². The number of anilines is 2. The van der Waals surface area contributed by atoms with Crippen LogP contribution in [0.15, 0.2) is 36.4 Å². The van der Waals surface area contributed by atoms with E-state index < -0.39 is 11.8 Å². The Morgan fingerprint density at radius 3 is 2.55 bits per heavy atom. The van der Waals surface area contributed by atoms with Crippen molar-refractivity contribution in [3.8, 4) is 0 Å². The number of fused-ring (bicyclic) bond motifs is 1. The van der Waals surface area contributed by atoms with Gasteiger partial charge in [-0.15, -0.1) is 0 Å². The first-order valence-electron chi connectivity index (χ1n) is 11.4. The van der Waals surface area contributed by atoms with E-state index >= 15 is 0 Å². The van der Waals surface area contributed by atoms with Crippen molar-refractivity contribution in [2.24, 2.45) is 0 Å². The van der Waals surface area contributed by atoms with Crippen LogP contribution in [0.4, 0.5) is 11.4 Å². The number of hydrogen-bond donors (Lipinski definition) is 2. The highest BCUT2D eigenvalue weighted by Crippen LogP contribution is 2.31. The van der Waals surface area contributed by atoms with Crippen LogP contribution < -0.4 is 15.5 Å². The molecule has 0 radical (unpaired) electrons. The highest BCUT2D eigenvalue weighted by Gasteiger charge is 2.27. The van der Waals surface area contributed by atoms with Crippen LogP contribution in [0.5, 0.6) is 0 Å². The molecule has 1 saturated heterocycles. The van der Waals surface area contributed by atoms with Crippen molar-refractivity contribution < 1.29 is 9.59 Å². The Balaban J connectivity index is 1.47. The molecule has 0 aliphatic carbocycles. The second-order valence-corrected chi connectivity index (χ2v) is 9.40. The molecule has 2 aliphatic heterocycles. The molecule has 0 unspecified atom stereocenters.